The summed E-state index contributed by atoms with van der Waals surface area (Å²) in [6.45, 7) is 2.76. The Morgan fingerprint density at radius 1 is 1.42 bits per heavy atom. The van der Waals surface area contributed by atoms with Crippen molar-refractivity contribution in [2.75, 3.05) is 12.3 Å². The van der Waals surface area contributed by atoms with Crippen LogP contribution in [0.4, 0.5) is 0 Å². The lowest BCUT2D eigenvalue weighted by Crippen LogP contribution is -2.23. The largest absolute Gasteiger partial charge is 0.286 e. The maximum atomic E-state index is 12.4. The molecule has 19 heavy (non-hydrogen) atoms. The number of aromatic nitrogens is 2. The lowest BCUT2D eigenvalue weighted by atomic mass is 10.2. The van der Waals surface area contributed by atoms with Crippen molar-refractivity contribution in [3.8, 4) is 0 Å². The molecule has 6 heteroatoms. The van der Waals surface area contributed by atoms with Gasteiger partial charge in [0, 0.05) is 5.75 Å². The van der Waals surface area contributed by atoms with Crippen LogP contribution in [-0.4, -0.2) is 26.2 Å². The molecule has 2 heterocycles. The van der Waals surface area contributed by atoms with Crippen LogP contribution in [0.3, 0.4) is 0 Å². The second-order valence-electron chi connectivity index (χ2n) is 4.18. The first-order valence-electron chi connectivity index (χ1n) is 6.02. The number of thioether (sulfide) groups is 2. The van der Waals surface area contributed by atoms with E-state index in [0.717, 1.165) is 28.0 Å². The Bertz CT molecular complexity index is 709. The number of hydrogen-bond acceptors (Lipinski definition) is 5. The molecule has 1 aromatic heterocycles. The zero-order valence-corrected chi connectivity index (χ0v) is 12.1. The van der Waals surface area contributed by atoms with Gasteiger partial charge in [-0.1, -0.05) is 35.7 Å². The van der Waals surface area contributed by atoms with Crippen molar-refractivity contribution < 1.29 is 0 Å². The highest BCUT2D eigenvalue weighted by atomic mass is 32.2. The predicted molar refractivity (Wildman–Crippen MR) is 83.1 cm³/mol. The number of rotatable bonds is 2. The maximum absolute atomic E-state index is 12.4. The summed E-state index contributed by atoms with van der Waals surface area (Å²) in [6.07, 6.45) is 0. The van der Waals surface area contributed by atoms with Crippen LogP contribution in [0.1, 0.15) is 5.82 Å². The van der Waals surface area contributed by atoms with E-state index in [2.05, 4.69) is 9.98 Å². The van der Waals surface area contributed by atoms with Crippen LogP contribution in [0, 0.1) is 6.92 Å². The molecular weight excluding hydrogens is 278 g/mol. The molecule has 0 aliphatic carbocycles. The van der Waals surface area contributed by atoms with Gasteiger partial charge in [0.1, 0.15) is 10.2 Å². The van der Waals surface area contributed by atoms with Crippen LogP contribution in [0.5, 0.6) is 0 Å². The average Bonchev–Trinajstić information content (AvgIpc) is 2.92. The van der Waals surface area contributed by atoms with Crippen molar-refractivity contribution in [3.63, 3.8) is 0 Å². The molecule has 98 valence electrons. The maximum Gasteiger partial charge on any atom is 0.262 e. The molecule has 1 aliphatic rings. The van der Waals surface area contributed by atoms with Crippen LogP contribution in [0.25, 0.3) is 10.9 Å². The average molecular weight is 291 g/mol. The van der Waals surface area contributed by atoms with Gasteiger partial charge in [0.15, 0.2) is 0 Å². The summed E-state index contributed by atoms with van der Waals surface area (Å²) in [4.78, 5) is 21.3. The number of para-hydroxylation sites is 1. The van der Waals surface area contributed by atoms with Gasteiger partial charge in [0.05, 0.1) is 23.3 Å². The van der Waals surface area contributed by atoms with Gasteiger partial charge in [-0.05, 0) is 19.1 Å². The monoisotopic (exact) mass is 291 g/mol. The molecule has 2 aromatic rings. The fourth-order valence-corrected chi connectivity index (χ4v) is 3.96. The molecule has 0 radical (unpaired) electrons. The highest BCUT2D eigenvalue weighted by Gasteiger charge is 2.11. The molecule has 0 spiro atoms. The first-order valence-corrected chi connectivity index (χ1v) is 7.99. The summed E-state index contributed by atoms with van der Waals surface area (Å²) in [7, 11) is 0. The molecular formula is C13H13N3OS2. The van der Waals surface area contributed by atoms with Gasteiger partial charge < -0.3 is 0 Å². The van der Waals surface area contributed by atoms with E-state index in [1.807, 2.05) is 31.2 Å². The summed E-state index contributed by atoms with van der Waals surface area (Å²) >= 11 is 3.36. The lowest BCUT2D eigenvalue weighted by molar-refractivity contribution is 0.778. The molecule has 1 aromatic carbocycles. The van der Waals surface area contributed by atoms with Crippen LogP contribution >= 0.6 is 23.5 Å². The van der Waals surface area contributed by atoms with Crippen molar-refractivity contribution in [1.82, 2.24) is 9.55 Å². The fourth-order valence-electron chi connectivity index (χ4n) is 1.95. The van der Waals surface area contributed by atoms with Crippen LogP contribution < -0.4 is 5.56 Å². The van der Waals surface area contributed by atoms with E-state index in [1.165, 1.54) is 0 Å². The molecule has 1 aliphatic heterocycles. The molecule has 0 saturated heterocycles. The number of benzene rings is 1. The first-order chi connectivity index (χ1) is 9.25. The SMILES string of the molecule is Cc1nc2ccccc2c(=O)n1CSC1=NCCS1. The molecule has 0 unspecified atom stereocenters. The minimum atomic E-state index is 0.0270. The standard InChI is InChI=1S/C13H13N3OS2/c1-9-15-11-5-3-2-4-10(11)12(17)16(9)8-19-13-14-6-7-18-13/h2-5H,6-8H2,1H3. The fraction of sp³-hybridized carbons (Fsp3) is 0.308. The Balaban J connectivity index is 1.96. The number of aliphatic imine (C=N–C) groups is 1. The highest BCUT2D eigenvalue weighted by molar-refractivity contribution is 8.38. The number of fused-ring (bicyclic) bond motifs is 1. The third-order valence-corrected chi connectivity index (χ3v) is 5.16. The number of hydrogen-bond donors (Lipinski definition) is 0. The first kappa shape index (κ1) is 12.7. The molecule has 0 atom stereocenters. The zero-order chi connectivity index (χ0) is 13.2. The minimum Gasteiger partial charge on any atom is -0.286 e. The molecule has 0 saturated carbocycles. The van der Waals surface area contributed by atoms with Gasteiger partial charge in [-0.15, -0.1) is 0 Å². The van der Waals surface area contributed by atoms with Gasteiger partial charge in [0.25, 0.3) is 5.56 Å². The zero-order valence-electron chi connectivity index (χ0n) is 10.5. The predicted octanol–water partition coefficient (Wildman–Crippen LogP) is 2.50. The minimum absolute atomic E-state index is 0.0270. The van der Waals surface area contributed by atoms with Crippen LogP contribution in [0.15, 0.2) is 34.1 Å². The molecule has 0 fully saturated rings. The Morgan fingerprint density at radius 2 is 2.26 bits per heavy atom. The van der Waals surface area contributed by atoms with Crippen molar-refractivity contribution in [2.45, 2.75) is 12.8 Å². The third kappa shape index (κ3) is 2.55. The second kappa shape index (κ2) is 5.38. The molecule has 4 nitrogen and oxygen atoms in total. The topological polar surface area (TPSA) is 47.2 Å². The third-order valence-electron chi connectivity index (χ3n) is 2.93. The highest BCUT2D eigenvalue weighted by Crippen LogP contribution is 2.23. The van der Waals surface area contributed by atoms with E-state index in [-0.39, 0.29) is 5.56 Å². The Hall–Kier alpha value is -1.27. The summed E-state index contributed by atoms with van der Waals surface area (Å²) in [6, 6.07) is 7.47. The summed E-state index contributed by atoms with van der Waals surface area (Å²) < 4.78 is 2.79. The quantitative estimate of drug-likeness (QED) is 0.853. The Kier molecular flexibility index (Phi) is 3.61. The van der Waals surface area contributed by atoms with E-state index in [1.54, 1.807) is 28.1 Å². The molecule has 0 amide bonds. The summed E-state index contributed by atoms with van der Waals surface area (Å²) in [5, 5.41) is 0.676. The molecule has 0 N–H and O–H groups in total. The Labute approximate surface area is 119 Å². The van der Waals surface area contributed by atoms with E-state index in [0.29, 0.717) is 11.3 Å². The second-order valence-corrected chi connectivity index (χ2v) is 6.45. The van der Waals surface area contributed by atoms with Gasteiger partial charge >= 0.3 is 0 Å². The number of nitrogens with zero attached hydrogens (tertiary/aromatic N) is 3. The van der Waals surface area contributed by atoms with Gasteiger partial charge in [-0.2, -0.15) is 0 Å². The Morgan fingerprint density at radius 3 is 3.05 bits per heavy atom. The van der Waals surface area contributed by atoms with Crippen molar-refractivity contribution in [2.24, 2.45) is 4.99 Å². The van der Waals surface area contributed by atoms with Crippen LogP contribution in [-0.2, 0) is 5.88 Å². The molecule has 3 rings (SSSR count). The summed E-state index contributed by atoms with van der Waals surface area (Å²) in [5.74, 6) is 2.38. The smallest absolute Gasteiger partial charge is 0.262 e. The molecule has 0 bridgehead atoms. The lowest BCUT2D eigenvalue weighted by Gasteiger charge is -2.09. The van der Waals surface area contributed by atoms with E-state index in [9.17, 15) is 4.79 Å². The van der Waals surface area contributed by atoms with Crippen molar-refractivity contribution in [1.29, 1.82) is 0 Å². The van der Waals surface area contributed by atoms with E-state index >= 15 is 0 Å². The van der Waals surface area contributed by atoms with Gasteiger partial charge in [0.2, 0.25) is 0 Å². The van der Waals surface area contributed by atoms with E-state index < -0.39 is 0 Å². The van der Waals surface area contributed by atoms with Crippen LogP contribution in [0.2, 0.25) is 0 Å². The number of aryl methyl sites for hydroxylation is 1. The van der Waals surface area contributed by atoms with Gasteiger partial charge in [-0.25, -0.2) is 4.98 Å². The van der Waals surface area contributed by atoms with Crippen molar-refractivity contribution >= 4 is 38.8 Å². The van der Waals surface area contributed by atoms with E-state index in [4.69, 9.17) is 0 Å². The normalized spacial score (nSPS) is 14.9. The summed E-state index contributed by atoms with van der Waals surface area (Å²) in [5.41, 5.74) is 0.790. The van der Waals surface area contributed by atoms with Crippen molar-refractivity contribution in [3.05, 3.63) is 40.4 Å². The van der Waals surface area contributed by atoms with Gasteiger partial charge in [-0.3, -0.25) is 14.4 Å².